The van der Waals surface area contributed by atoms with Crippen molar-refractivity contribution in [1.82, 2.24) is 4.90 Å². The van der Waals surface area contributed by atoms with Crippen LogP contribution in [0.2, 0.25) is 0 Å². The van der Waals surface area contributed by atoms with Crippen molar-refractivity contribution in [3.05, 3.63) is 71.6 Å². The van der Waals surface area contributed by atoms with Crippen LogP contribution in [0.25, 0.3) is 6.08 Å². The van der Waals surface area contributed by atoms with Crippen LogP contribution in [0.15, 0.2) is 54.6 Å². The molecule has 0 aliphatic rings. The van der Waals surface area contributed by atoms with Crippen LogP contribution in [0.1, 0.15) is 29.8 Å². The highest BCUT2D eigenvalue weighted by Crippen LogP contribution is 2.13. The van der Waals surface area contributed by atoms with Crippen molar-refractivity contribution in [2.24, 2.45) is 0 Å². The highest BCUT2D eigenvalue weighted by atomic mass is 19.1. The van der Waals surface area contributed by atoms with Gasteiger partial charge in [-0.25, -0.2) is 9.18 Å². The van der Waals surface area contributed by atoms with Gasteiger partial charge in [-0.05, 0) is 44.2 Å². The third-order valence-corrected chi connectivity index (χ3v) is 4.09. The van der Waals surface area contributed by atoms with Gasteiger partial charge in [0, 0.05) is 36.0 Å². The Morgan fingerprint density at radius 1 is 1.07 bits per heavy atom. The van der Waals surface area contributed by atoms with Crippen LogP contribution in [0.5, 0.6) is 0 Å². The SMILES string of the molecule is CCN(CC)C(=O)c1cccc(NC(=O)COC(=O)/C=C/c2ccccc2F)c1. The van der Waals surface area contributed by atoms with E-state index in [-0.39, 0.29) is 11.5 Å². The summed E-state index contributed by atoms with van der Waals surface area (Å²) in [5.41, 5.74) is 1.12. The standard InChI is InChI=1S/C22H23FN2O4/c1-3-25(4-2)22(28)17-9-7-10-18(14-17)24-20(26)15-29-21(27)13-12-16-8-5-6-11-19(16)23/h5-14H,3-4,15H2,1-2H3,(H,24,26)/b13-12+. The number of esters is 1. The number of anilines is 1. The second-order valence-corrected chi connectivity index (χ2v) is 6.07. The van der Waals surface area contributed by atoms with Gasteiger partial charge in [0.1, 0.15) is 5.82 Å². The summed E-state index contributed by atoms with van der Waals surface area (Å²) >= 11 is 0. The van der Waals surface area contributed by atoms with Gasteiger partial charge in [-0.2, -0.15) is 0 Å². The smallest absolute Gasteiger partial charge is 0.331 e. The van der Waals surface area contributed by atoms with Crippen LogP contribution < -0.4 is 5.32 Å². The maximum Gasteiger partial charge on any atom is 0.331 e. The summed E-state index contributed by atoms with van der Waals surface area (Å²) in [4.78, 5) is 37.8. The van der Waals surface area contributed by atoms with Crippen molar-refractivity contribution in [1.29, 1.82) is 0 Å². The maximum absolute atomic E-state index is 13.5. The second kappa shape index (κ2) is 10.8. The summed E-state index contributed by atoms with van der Waals surface area (Å²) in [5.74, 6) is -1.91. The first kappa shape index (κ1) is 21.8. The molecule has 2 aromatic carbocycles. The second-order valence-electron chi connectivity index (χ2n) is 6.07. The molecule has 0 saturated carbocycles. The minimum absolute atomic E-state index is 0.129. The van der Waals surface area contributed by atoms with Crippen LogP contribution in [0.4, 0.5) is 10.1 Å². The van der Waals surface area contributed by atoms with Gasteiger partial charge in [-0.1, -0.05) is 24.3 Å². The third kappa shape index (κ3) is 6.57. The lowest BCUT2D eigenvalue weighted by Crippen LogP contribution is -2.30. The third-order valence-electron chi connectivity index (χ3n) is 4.09. The summed E-state index contributed by atoms with van der Waals surface area (Å²) in [5, 5.41) is 2.58. The summed E-state index contributed by atoms with van der Waals surface area (Å²) < 4.78 is 18.3. The van der Waals surface area contributed by atoms with Gasteiger partial charge >= 0.3 is 5.97 Å². The van der Waals surface area contributed by atoms with Crippen LogP contribution >= 0.6 is 0 Å². The van der Waals surface area contributed by atoms with E-state index in [9.17, 15) is 18.8 Å². The number of ether oxygens (including phenoxy) is 1. The Bertz CT molecular complexity index is 907. The van der Waals surface area contributed by atoms with E-state index >= 15 is 0 Å². The van der Waals surface area contributed by atoms with Gasteiger partial charge < -0.3 is 15.0 Å². The Balaban J connectivity index is 1.89. The highest BCUT2D eigenvalue weighted by molar-refractivity contribution is 5.98. The van der Waals surface area contributed by atoms with Gasteiger partial charge in [-0.15, -0.1) is 0 Å². The van der Waals surface area contributed by atoms with Gasteiger partial charge in [0.05, 0.1) is 0 Å². The Labute approximate surface area is 169 Å². The number of nitrogens with one attached hydrogen (secondary N) is 1. The quantitative estimate of drug-likeness (QED) is 0.545. The molecule has 0 spiro atoms. The van der Waals surface area contributed by atoms with Gasteiger partial charge in [0.25, 0.3) is 11.8 Å². The number of hydrogen-bond acceptors (Lipinski definition) is 4. The lowest BCUT2D eigenvalue weighted by atomic mass is 10.1. The molecule has 29 heavy (non-hydrogen) atoms. The molecule has 0 saturated heterocycles. The molecule has 0 heterocycles. The van der Waals surface area contributed by atoms with E-state index < -0.39 is 24.3 Å². The van der Waals surface area contributed by atoms with Crippen LogP contribution in [-0.4, -0.2) is 42.4 Å². The first-order chi connectivity index (χ1) is 13.9. The first-order valence-electron chi connectivity index (χ1n) is 9.23. The Kier molecular flexibility index (Phi) is 8.09. The zero-order chi connectivity index (χ0) is 21.2. The van der Waals surface area contributed by atoms with E-state index in [0.717, 1.165) is 6.08 Å². The molecule has 152 valence electrons. The fourth-order valence-electron chi connectivity index (χ4n) is 2.57. The molecule has 2 rings (SSSR count). The molecule has 6 nitrogen and oxygen atoms in total. The van der Waals surface area contributed by atoms with Gasteiger partial charge in [0.15, 0.2) is 6.61 Å². The number of halogens is 1. The topological polar surface area (TPSA) is 75.7 Å². The van der Waals surface area contributed by atoms with Crippen LogP contribution in [0, 0.1) is 5.82 Å². The molecule has 0 aromatic heterocycles. The molecule has 0 radical (unpaired) electrons. The minimum Gasteiger partial charge on any atom is -0.452 e. The summed E-state index contributed by atoms with van der Waals surface area (Å²) in [7, 11) is 0. The zero-order valence-corrected chi connectivity index (χ0v) is 16.4. The average Bonchev–Trinajstić information content (AvgIpc) is 2.72. The molecule has 1 N–H and O–H groups in total. The van der Waals surface area contributed by atoms with E-state index in [1.807, 2.05) is 13.8 Å². The monoisotopic (exact) mass is 398 g/mol. The fraction of sp³-hybridized carbons (Fsp3) is 0.227. The first-order valence-corrected chi connectivity index (χ1v) is 9.23. The summed E-state index contributed by atoms with van der Waals surface area (Å²) in [6.07, 6.45) is 2.33. The number of rotatable bonds is 8. The Hall–Kier alpha value is -3.48. The molecule has 2 aromatic rings. The number of benzene rings is 2. The van der Waals surface area contributed by atoms with Gasteiger partial charge in [0.2, 0.25) is 0 Å². The van der Waals surface area contributed by atoms with Crippen molar-refractivity contribution < 1.29 is 23.5 Å². The zero-order valence-electron chi connectivity index (χ0n) is 16.4. The van der Waals surface area contributed by atoms with Crippen LogP contribution in [-0.2, 0) is 14.3 Å². The predicted octanol–water partition coefficient (Wildman–Crippen LogP) is 3.50. The summed E-state index contributed by atoms with van der Waals surface area (Å²) in [6.45, 7) is 4.45. The molecule has 0 atom stereocenters. The number of hydrogen-bond donors (Lipinski definition) is 1. The van der Waals surface area contributed by atoms with Crippen LogP contribution in [0.3, 0.4) is 0 Å². The highest BCUT2D eigenvalue weighted by Gasteiger charge is 2.13. The molecule has 0 aliphatic carbocycles. The Morgan fingerprint density at radius 2 is 1.79 bits per heavy atom. The molecule has 0 fully saturated rings. The maximum atomic E-state index is 13.5. The van der Waals surface area contributed by atoms with Crippen molar-refractivity contribution in [2.75, 3.05) is 25.0 Å². The van der Waals surface area contributed by atoms with Crippen molar-refractivity contribution in [3.8, 4) is 0 Å². The molecule has 7 heteroatoms. The average molecular weight is 398 g/mol. The molecular weight excluding hydrogens is 375 g/mol. The molecule has 0 unspecified atom stereocenters. The number of carbonyl (C=O) groups is 3. The lowest BCUT2D eigenvalue weighted by Gasteiger charge is -2.19. The molecule has 0 bridgehead atoms. The van der Waals surface area contributed by atoms with E-state index in [0.29, 0.717) is 24.3 Å². The van der Waals surface area contributed by atoms with Crippen molar-refractivity contribution in [3.63, 3.8) is 0 Å². The van der Waals surface area contributed by atoms with Crippen molar-refractivity contribution >= 4 is 29.5 Å². The lowest BCUT2D eigenvalue weighted by molar-refractivity contribution is -0.142. The van der Waals surface area contributed by atoms with Gasteiger partial charge in [-0.3, -0.25) is 9.59 Å². The normalized spacial score (nSPS) is 10.6. The van der Waals surface area contributed by atoms with E-state index in [1.165, 1.54) is 18.2 Å². The fourth-order valence-corrected chi connectivity index (χ4v) is 2.57. The number of carbonyl (C=O) groups excluding carboxylic acids is 3. The number of nitrogens with zero attached hydrogens (tertiary/aromatic N) is 1. The summed E-state index contributed by atoms with van der Waals surface area (Å²) in [6, 6.07) is 12.5. The molecule has 0 aliphatic heterocycles. The number of amides is 2. The predicted molar refractivity (Wildman–Crippen MR) is 109 cm³/mol. The van der Waals surface area contributed by atoms with E-state index in [1.54, 1.807) is 41.3 Å². The van der Waals surface area contributed by atoms with E-state index in [4.69, 9.17) is 4.74 Å². The molecule has 2 amide bonds. The molecular formula is C22H23FN2O4. The minimum atomic E-state index is -0.770. The Morgan fingerprint density at radius 3 is 2.48 bits per heavy atom. The van der Waals surface area contributed by atoms with E-state index in [2.05, 4.69) is 5.32 Å². The largest absolute Gasteiger partial charge is 0.452 e. The van der Waals surface area contributed by atoms with Crippen molar-refractivity contribution in [2.45, 2.75) is 13.8 Å².